The lowest BCUT2D eigenvalue weighted by Gasteiger charge is -2.06. The maximum atomic E-state index is 12.3. The summed E-state index contributed by atoms with van der Waals surface area (Å²) in [5.74, 6) is 2.00. The van der Waals surface area contributed by atoms with Crippen LogP contribution in [0.3, 0.4) is 0 Å². The van der Waals surface area contributed by atoms with Gasteiger partial charge in [0.2, 0.25) is 0 Å². The Bertz CT molecular complexity index is 648. The smallest absolute Gasteiger partial charge is 0.314 e. The maximum absolute atomic E-state index is 12.3. The van der Waals surface area contributed by atoms with Crippen LogP contribution >= 0.6 is 0 Å². The van der Waals surface area contributed by atoms with Gasteiger partial charge in [0.25, 0.3) is 0 Å². The van der Waals surface area contributed by atoms with Gasteiger partial charge in [0.15, 0.2) is 0 Å². The Balaban J connectivity index is 1.42. The van der Waals surface area contributed by atoms with E-state index in [1.54, 1.807) is 0 Å². The van der Waals surface area contributed by atoms with E-state index >= 15 is 0 Å². The van der Waals surface area contributed by atoms with Crippen molar-refractivity contribution in [1.29, 1.82) is 0 Å². The van der Waals surface area contributed by atoms with Crippen molar-refractivity contribution in [2.45, 2.75) is 25.7 Å². The van der Waals surface area contributed by atoms with Gasteiger partial charge < -0.3 is 4.74 Å². The van der Waals surface area contributed by atoms with Crippen LogP contribution in [-0.4, -0.2) is 5.97 Å². The summed E-state index contributed by atoms with van der Waals surface area (Å²) in [5.41, 5.74) is 2.31. The van der Waals surface area contributed by atoms with Gasteiger partial charge in [-0.05, 0) is 47.9 Å². The highest BCUT2D eigenvalue weighted by atomic mass is 16.5. The predicted molar refractivity (Wildman–Crippen MR) is 86.5 cm³/mol. The lowest BCUT2D eigenvalue weighted by Crippen LogP contribution is -2.12. The molecule has 112 valence electrons. The fourth-order valence-corrected chi connectivity index (χ4v) is 3.87. The maximum Gasteiger partial charge on any atom is 0.314 e. The quantitative estimate of drug-likeness (QED) is 0.605. The molecule has 4 rings (SSSR count). The first kappa shape index (κ1) is 13.6. The van der Waals surface area contributed by atoms with Crippen LogP contribution in [0.5, 0.6) is 5.75 Å². The molecule has 2 fully saturated rings. The molecule has 0 N–H and O–H groups in total. The number of hydrogen-bond acceptors (Lipinski definition) is 2. The fourth-order valence-electron chi connectivity index (χ4n) is 3.87. The summed E-state index contributed by atoms with van der Waals surface area (Å²) < 4.78 is 5.58. The van der Waals surface area contributed by atoms with Crippen molar-refractivity contribution < 1.29 is 9.53 Å². The molecule has 0 bridgehead atoms. The van der Waals surface area contributed by atoms with Gasteiger partial charge >= 0.3 is 5.97 Å². The second kappa shape index (κ2) is 5.60. The Kier molecular flexibility index (Phi) is 3.45. The lowest BCUT2D eigenvalue weighted by atomic mass is 10.0. The van der Waals surface area contributed by atoms with Gasteiger partial charge in [-0.15, -0.1) is 0 Å². The predicted octanol–water partition coefficient (Wildman–Crippen LogP) is 4.70. The van der Waals surface area contributed by atoms with Crippen LogP contribution < -0.4 is 4.74 Å². The first-order valence-corrected chi connectivity index (χ1v) is 8.20. The van der Waals surface area contributed by atoms with E-state index < -0.39 is 0 Å². The molecular weight excluding hydrogens is 272 g/mol. The minimum absolute atomic E-state index is 0.0237. The normalized spacial score (nSPS) is 26.1. The Morgan fingerprint density at radius 3 is 2.05 bits per heavy atom. The molecule has 22 heavy (non-hydrogen) atoms. The molecule has 2 aromatic rings. The van der Waals surface area contributed by atoms with Crippen LogP contribution in [0.25, 0.3) is 11.1 Å². The summed E-state index contributed by atoms with van der Waals surface area (Å²) >= 11 is 0. The summed E-state index contributed by atoms with van der Waals surface area (Å²) in [7, 11) is 0. The minimum atomic E-state index is -0.0237. The van der Waals surface area contributed by atoms with Crippen LogP contribution in [0.2, 0.25) is 0 Å². The average Bonchev–Trinajstić information content (AvgIpc) is 3.31. The largest absolute Gasteiger partial charge is 0.426 e. The molecule has 0 spiro atoms. The molecule has 2 heteroatoms. The third kappa shape index (κ3) is 2.54. The summed E-state index contributed by atoms with van der Waals surface area (Å²) in [6.07, 6.45) is 4.96. The number of carbonyl (C=O) groups is 1. The molecule has 3 atom stereocenters. The second-order valence-electron chi connectivity index (χ2n) is 6.45. The molecule has 0 radical (unpaired) electrons. The molecule has 0 heterocycles. The van der Waals surface area contributed by atoms with Gasteiger partial charge in [0.05, 0.1) is 5.92 Å². The zero-order valence-corrected chi connectivity index (χ0v) is 12.6. The van der Waals surface area contributed by atoms with E-state index in [2.05, 4.69) is 12.1 Å². The van der Waals surface area contributed by atoms with Crippen molar-refractivity contribution in [3.63, 3.8) is 0 Å². The van der Waals surface area contributed by atoms with E-state index in [0.29, 0.717) is 17.6 Å². The Hall–Kier alpha value is -2.09. The van der Waals surface area contributed by atoms with E-state index in [0.717, 1.165) is 5.56 Å². The Labute approximate surface area is 131 Å². The third-order valence-corrected chi connectivity index (χ3v) is 5.11. The Morgan fingerprint density at radius 2 is 1.41 bits per heavy atom. The summed E-state index contributed by atoms with van der Waals surface area (Å²) in [5, 5.41) is 0. The van der Waals surface area contributed by atoms with Gasteiger partial charge in [-0.25, -0.2) is 0 Å². The number of fused-ring (bicyclic) bond motifs is 1. The zero-order valence-electron chi connectivity index (χ0n) is 12.6. The van der Waals surface area contributed by atoms with Crippen LogP contribution in [0.1, 0.15) is 25.7 Å². The number of benzene rings is 2. The fraction of sp³-hybridized carbons (Fsp3) is 0.350. The van der Waals surface area contributed by atoms with Crippen molar-refractivity contribution >= 4 is 5.97 Å². The van der Waals surface area contributed by atoms with Crippen molar-refractivity contribution in [2.24, 2.45) is 17.8 Å². The number of hydrogen-bond donors (Lipinski definition) is 0. The molecule has 2 aromatic carbocycles. The molecule has 2 nitrogen and oxygen atoms in total. The number of rotatable bonds is 3. The molecule has 2 aliphatic carbocycles. The second-order valence-corrected chi connectivity index (χ2v) is 6.45. The average molecular weight is 292 g/mol. The highest BCUT2D eigenvalue weighted by molar-refractivity contribution is 5.79. The van der Waals surface area contributed by atoms with Gasteiger partial charge in [-0.3, -0.25) is 4.79 Å². The number of esters is 1. The topological polar surface area (TPSA) is 26.3 Å². The van der Waals surface area contributed by atoms with E-state index in [4.69, 9.17) is 4.74 Å². The van der Waals surface area contributed by atoms with Crippen molar-refractivity contribution in [3.8, 4) is 16.9 Å². The van der Waals surface area contributed by atoms with E-state index in [9.17, 15) is 4.79 Å². The van der Waals surface area contributed by atoms with Gasteiger partial charge in [-0.2, -0.15) is 0 Å². The molecule has 1 unspecified atom stereocenters. The van der Waals surface area contributed by atoms with Crippen molar-refractivity contribution in [1.82, 2.24) is 0 Å². The summed E-state index contributed by atoms with van der Waals surface area (Å²) in [6, 6.07) is 18.0. The van der Waals surface area contributed by atoms with E-state index in [1.807, 2.05) is 42.5 Å². The summed E-state index contributed by atoms with van der Waals surface area (Å²) in [4.78, 5) is 12.3. The molecular formula is C20H20O2. The molecule has 0 aromatic heterocycles. The van der Waals surface area contributed by atoms with Gasteiger partial charge in [0.1, 0.15) is 5.75 Å². The van der Waals surface area contributed by atoms with E-state index in [-0.39, 0.29) is 11.9 Å². The number of carbonyl (C=O) groups excluding carboxylic acids is 1. The molecule has 0 amide bonds. The van der Waals surface area contributed by atoms with Crippen LogP contribution in [0.15, 0.2) is 54.6 Å². The SMILES string of the molecule is O=C(Oc1ccc(-c2ccccc2)cc1)C1[C@H]2CCCC[C@@H]12. The Morgan fingerprint density at radius 1 is 0.818 bits per heavy atom. The van der Waals surface area contributed by atoms with Gasteiger partial charge in [-0.1, -0.05) is 55.3 Å². The van der Waals surface area contributed by atoms with E-state index in [1.165, 1.54) is 31.2 Å². The van der Waals surface area contributed by atoms with Crippen molar-refractivity contribution in [2.75, 3.05) is 0 Å². The van der Waals surface area contributed by atoms with Crippen LogP contribution in [0.4, 0.5) is 0 Å². The monoisotopic (exact) mass is 292 g/mol. The van der Waals surface area contributed by atoms with Crippen LogP contribution in [0, 0.1) is 17.8 Å². The lowest BCUT2D eigenvalue weighted by molar-refractivity contribution is -0.136. The first-order valence-electron chi connectivity index (χ1n) is 8.20. The zero-order chi connectivity index (χ0) is 14.9. The molecule has 2 saturated carbocycles. The molecule has 2 aliphatic rings. The number of ether oxygens (including phenoxy) is 1. The molecule has 0 aliphatic heterocycles. The summed E-state index contributed by atoms with van der Waals surface area (Å²) in [6.45, 7) is 0. The molecule has 0 saturated heterocycles. The highest BCUT2D eigenvalue weighted by Gasteiger charge is 2.55. The van der Waals surface area contributed by atoms with Gasteiger partial charge in [0, 0.05) is 0 Å². The van der Waals surface area contributed by atoms with Crippen LogP contribution in [-0.2, 0) is 4.79 Å². The standard InChI is InChI=1S/C20H20O2/c21-20(19-17-8-4-5-9-18(17)19)22-16-12-10-15(11-13-16)14-6-2-1-3-7-14/h1-3,6-7,10-13,17-19H,4-5,8-9H2/t17-,18+,19?. The highest BCUT2D eigenvalue weighted by Crippen LogP contribution is 2.55. The van der Waals surface area contributed by atoms with Crippen molar-refractivity contribution in [3.05, 3.63) is 54.6 Å². The third-order valence-electron chi connectivity index (χ3n) is 5.11. The minimum Gasteiger partial charge on any atom is -0.426 e. The first-order chi connectivity index (χ1) is 10.8.